The van der Waals surface area contributed by atoms with Crippen LogP contribution in [0.1, 0.15) is 5.82 Å². The summed E-state index contributed by atoms with van der Waals surface area (Å²) in [4.78, 5) is 0. The smallest absolute Gasteiger partial charge is 0.168 e. The van der Waals surface area contributed by atoms with E-state index in [0.29, 0.717) is 0 Å². The molecule has 0 saturated carbocycles. The van der Waals surface area contributed by atoms with Gasteiger partial charge in [0.25, 0.3) is 0 Å². The molecule has 0 radical (unpaired) electrons. The maximum Gasteiger partial charge on any atom is 0.168 e. The SMILES string of the molecule is Cc1nnc2c3ccc(F)cc3ccn12. The molecule has 0 spiro atoms. The number of hydrogen-bond acceptors (Lipinski definition) is 2. The summed E-state index contributed by atoms with van der Waals surface area (Å²) in [5.74, 6) is 0.597. The van der Waals surface area contributed by atoms with Gasteiger partial charge in [0.1, 0.15) is 11.6 Å². The fourth-order valence-corrected chi connectivity index (χ4v) is 1.76. The van der Waals surface area contributed by atoms with Crippen LogP contribution in [0, 0.1) is 12.7 Å². The summed E-state index contributed by atoms with van der Waals surface area (Å²) in [6.45, 7) is 1.88. The highest BCUT2D eigenvalue weighted by Gasteiger charge is 2.05. The van der Waals surface area contributed by atoms with Gasteiger partial charge in [0.05, 0.1) is 0 Å². The van der Waals surface area contributed by atoms with Gasteiger partial charge in [-0.25, -0.2) is 4.39 Å². The van der Waals surface area contributed by atoms with E-state index in [-0.39, 0.29) is 5.82 Å². The van der Waals surface area contributed by atoms with Crippen LogP contribution >= 0.6 is 0 Å². The number of fused-ring (bicyclic) bond motifs is 3. The van der Waals surface area contributed by atoms with E-state index in [2.05, 4.69) is 10.2 Å². The van der Waals surface area contributed by atoms with Crippen LogP contribution in [0.4, 0.5) is 4.39 Å². The molecule has 0 unspecified atom stereocenters. The minimum atomic E-state index is -0.233. The molecule has 0 aliphatic rings. The summed E-state index contributed by atoms with van der Waals surface area (Å²) in [7, 11) is 0. The third kappa shape index (κ3) is 1.11. The topological polar surface area (TPSA) is 30.2 Å². The first-order chi connectivity index (χ1) is 7.25. The molecule has 2 heterocycles. The molecule has 0 bridgehead atoms. The number of nitrogens with zero attached hydrogens (tertiary/aromatic N) is 3. The van der Waals surface area contributed by atoms with E-state index < -0.39 is 0 Å². The summed E-state index contributed by atoms with van der Waals surface area (Å²) in [5.41, 5.74) is 0.769. The van der Waals surface area contributed by atoms with Crippen molar-refractivity contribution in [1.29, 1.82) is 0 Å². The fraction of sp³-hybridized carbons (Fsp3) is 0.0909. The van der Waals surface area contributed by atoms with Crippen molar-refractivity contribution < 1.29 is 4.39 Å². The van der Waals surface area contributed by atoms with Crippen molar-refractivity contribution in [1.82, 2.24) is 14.6 Å². The molecule has 15 heavy (non-hydrogen) atoms. The number of rotatable bonds is 0. The molecule has 3 nitrogen and oxygen atoms in total. The molecule has 0 fully saturated rings. The van der Waals surface area contributed by atoms with E-state index in [1.165, 1.54) is 12.1 Å². The zero-order chi connectivity index (χ0) is 10.4. The van der Waals surface area contributed by atoms with Crippen LogP contribution in [0.2, 0.25) is 0 Å². The van der Waals surface area contributed by atoms with Crippen molar-refractivity contribution in [3.63, 3.8) is 0 Å². The van der Waals surface area contributed by atoms with E-state index in [4.69, 9.17) is 0 Å². The van der Waals surface area contributed by atoms with Crippen molar-refractivity contribution in [3.8, 4) is 0 Å². The Balaban J connectivity index is 2.55. The standard InChI is InChI=1S/C11H8FN3/c1-7-13-14-11-10-3-2-9(12)6-8(10)4-5-15(7)11/h2-6H,1H3. The number of hydrogen-bond donors (Lipinski definition) is 0. The molecule has 0 aliphatic carbocycles. The van der Waals surface area contributed by atoms with Crippen LogP contribution in [-0.4, -0.2) is 14.6 Å². The predicted octanol–water partition coefficient (Wildman–Crippen LogP) is 2.33. The maximum atomic E-state index is 13.0. The first-order valence-electron chi connectivity index (χ1n) is 4.65. The molecule has 0 saturated heterocycles. The normalized spacial score (nSPS) is 11.3. The van der Waals surface area contributed by atoms with Crippen molar-refractivity contribution >= 4 is 16.4 Å². The van der Waals surface area contributed by atoms with Crippen molar-refractivity contribution in [2.75, 3.05) is 0 Å². The second kappa shape index (κ2) is 2.76. The van der Waals surface area contributed by atoms with Crippen LogP contribution < -0.4 is 0 Å². The molecule has 0 aliphatic heterocycles. The second-order valence-electron chi connectivity index (χ2n) is 3.49. The molecular weight excluding hydrogens is 193 g/mol. The lowest BCUT2D eigenvalue weighted by Gasteiger charge is -2.00. The van der Waals surface area contributed by atoms with Crippen molar-refractivity contribution in [3.05, 3.63) is 42.1 Å². The molecule has 1 aromatic carbocycles. The van der Waals surface area contributed by atoms with E-state index in [9.17, 15) is 4.39 Å². The second-order valence-corrected chi connectivity index (χ2v) is 3.49. The number of halogens is 1. The van der Waals surface area contributed by atoms with Gasteiger partial charge in [-0.3, -0.25) is 4.40 Å². The first kappa shape index (κ1) is 8.35. The summed E-state index contributed by atoms with van der Waals surface area (Å²) >= 11 is 0. The minimum Gasteiger partial charge on any atom is -0.286 e. The van der Waals surface area contributed by atoms with Crippen LogP contribution in [0.15, 0.2) is 30.5 Å². The minimum absolute atomic E-state index is 0.233. The number of aromatic nitrogens is 3. The highest BCUT2D eigenvalue weighted by Crippen LogP contribution is 2.19. The molecule has 2 aromatic heterocycles. The molecule has 0 amide bonds. The molecule has 74 valence electrons. The summed E-state index contributed by atoms with van der Waals surface area (Å²) in [6.07, 6.45) is 1.85. The van der Waals surface area contributed by atoms with Gasteiger partial charge in [0, 0.05) is 11.6 Å². The van der Waals surface area contributed by atoms with Crippen molar-refractivity contribution in [2.24, 2.45) is 0 Å². The lowest BCUT2D eigenvalue weighted by Crippen LogP contribution is -1.88. The van der Waals surface area contributed by atoms with Gasteiger partial charge < -0.3 is 0 Å². The summed E-state index contributed by atoms with van der Waals surface area (Å²) < 4.78 is 14.9. The third-order valence-corrected chi connectivity index (χ3v) is 2.52. The van der Waals surface area contributed by atoms with Crippen LogP contribution in [-0.2, 0) is 0 Å². The first-order valence-corrected chi connectivity index (χ1v) is 4.65. The molecule has 3 aromatic rings. The van der Waals surface area contributed by atoms with Gasteiger partial charge in [-0.15, -0.1) is 10.2 Å². The number of aryl methyl sites for hydroxylation is 1. The third-order valence-electron chi connectivity index (χ3n) is 2.52. The van der Waals surface area contributed by atoms with Gasteiger partial charge in [0.15, 0.2) is 5.65 Å². The average molecular weight is 201 g/mol. The Morgan fingerprint density at radius 2 is 2.07 bits per heavy atom. The molecule has 4 heteroatoms. The highest BCUT2D eigenvalue weighted by atomic mass is 19.1. The van der Waals surface area contributed by atoms with E-state index in [1.54, 1.807) is 6.07 Å². The molecule has 0 N–H and O–H groups in total. The Kier molecular flexibility index (Phi) is 1.54. The fourth-order valence-electron chi connectivity index (χ4n) is 1.76. The lowest BCUT2D eigenvalue weighted by molar-refractivity contribution is 0.630. The monoisotopic (exact) mass is 201 g/mol. The number of pyridine rings is 1. The highest BCUT2D eigenvalue weighted by molar-refractivity contribution is 5.93. The van der Waals surface area contributed by atoms with Gasteiger partial charge in [0.2, 0.25) is 0 Å². The van der Waals surface area contributed by atoms with Gasteiger partial charge in [-0.1, -0.05) is 0 Å². The van der Waals surface area contributed by atoms with Crippen molar-refractivity contribution in [2.45, 2.75) is 6.92 Å². The average Bonchev–Trinajstić information content (AvgIpc) is 2.60. The largest absolute Gasteiger partial charge is 0.286 e. The summed E-state index contributed by atoms with van der Waals surface area (Å²) in [5, 5.41) is 9.81. The van der Waals surface area contributed by atoms with E-state index in [0.717, 1.165) is 22.2 Å². The van der Waals surface area contributed by atoms with Gasteiger partial charge >= 0.3 is 0 Å². The van der Waals surface area contributed by atoms with Gasteiger partial charge in [-0.2, -0.15) is 0 Å². The van der Waals surface area contributed by atoms with Crippen LogP contribution in [0.3, 0.4) is 0 Å². The zero-order valence-electron chi connectivity index (χ0n) is 8.11. The Labute approximate surface area is 85.2 Å². The Hall–Kier alpha value is -1.97. The molecule has 3 rings (SSSR count). The zero-order valence-corrected chi connectivity index (χ0v) is 8.11. The van der Waals surface area contributed by atoms with Crippen LogP contribution in [0.5, 0.6) is 0 Å². The Bertz CT molecular complexity index is 657. The van der Waals surface area contributed by atoms with E-state index >= 15 is 0 Å². The number of benzene rings is 1. The Morgan fingerprint density at radius 1 is 1.20 bits per heavy atom. The quantitative estimate of drug-likeness (QED) is 0.558. The van der Waals surface area contributed by atoms with Crippen LogP contribution in [0.25, 0.3) is 16.4 Å². The molecule has 0 atom stereocenters. The maximum absolute atomic E-state index is 13.0. The lowest BCUT2D eigenvalue weighted by atomic mass is 10.1. The summed E-state index contributed by atoms with van der Waals surface area (Å²) in [6, 6.07) is 6.53. The molecular formula is C11H8FN3. The van der Waals surface area contributed by atoms with Gasteiger partial charge in [-0.05, 0) is 36.6 Å². The predicted molar refractivity (Wildman–Crippen MR) is 55.2 cm³/mol. The van der Waals surface area contributed by atoms with E-state index in [1.807, 2.05) is 23.6 Å². The Morgan fingerprint density at radius 3 is 2.93 bits per heavy atom.